The predicted octanol–water partition coefficient (Wildman–Crippen LogP) is 6.18. The number of para-hydroxylation sites is 1. The summed E-state index contributed by atoms with van der Waals surface area (Å²) in [6, 6.07) is 7.31. The van der Waals surface area contributed by atoms with Crippen LogP contribution in [0.2, 0.25) is 10.0 Å². The van der Waals surface area contributed by atoms with Gasteiger partial charge in [0, 0.05) is 0 Å². The minimum atomic E-state index is -4.59. The molecule has 0 aromatic heterocycles. The van der Waals surface area contributed by atoms with Crippen LogP contribution in [0.4, 0.5) is 13.2 Å². The van der Waals surface area contributed by atoms with Gasteiger partial charge in [0.05, 0.1) is 21.2 Å². The number of carbonyl (C=O) groups is 1. The summed E-state index contributed by atoms with van der Waals surface area (Å²) in [5, 5.41) is -1.46. The molecule has 22 heavy (non-hydrogen) atoms. The van der Waals surface area contributed by atoms with Crippen molar-refractivity contribution in [3.8, 4) is 11.5 Å². The first-order chi connectivity index (χ1) is 10.2. The highest BCUT2D eigenvalue weighted by Gasteiger charge is 2.32. The average Bonchev–Trinajstić information content (AvgIpc) is 2.41. The zero-order valence-electron chi connectivity index (χ0n) is 10.5. The van der Waals surface area contributed by atoms with Crippen LogP contribution in [-0.2, 0) is 6.18 Å². The van der Waals surface area contributed by atoms with Crippen molar-refractivity contribution in [1.82, 2.24) is 0 Å². The van der Waals surface area contributed by atoms with Crippen molar-refractivity contribution in [3.05, 3.63) is 57.6 Å². The molecule has 0 bridgehead atoms. The summed E-state index contributed by atoms with van der Waals surface area (Å²) in [6.45, 7) is 0. The second kappa shape index (κ2) is 6.36. The summed E-state index contributed by atoms with van der Waals surface area (Å²) in [6.07, 6.45) is -4.59. The smallest absolute Gasteiger partial charge is 0.416 e. The lowest BCUT2D eigenvalue weighted by molar-refractivity contribution is -0.137. The fourth-order valence-corrected chi connectivity index (χ4v) is 2.37. The van der Waals surface area contributed by atoms with Gasteiger partial charge in [-0.1, -0.05) is 35.3 Å². The van der Waals surface area contributed by atoms with Crippen molar-refractivity contribution in [3.63, 3.8) is 0 Å². The standard InChI is InChI=1S/C14H6Cl3F3O2/c15-9-5-7(14(18,19)20)6-10(16)12(9)22-11-4-2-1-3-8(11)13(17)21/h1-6H. The SMILES string of the molecule is O=C(Cl)c1ccccc1Oc1c(Cl)cc(C(F)(F)F)cc1Cl. The quantitative estimate of drug-likeness (QED) is 0.604. The third-order valence-electron chi connectivity index (χ3n) is 2.64. The van der Waals surface area contributed by atoms with Gasteiger partial charge in [-0.05, 0) is 35.9 Å². The van der Waals surface area contributed by atoms with Crippen LogP contribution in [0, 0.1) is 0 Å². The van der Waals surface area contributed by atoms with Crippen LogP contribution in [0.25, 0.3) is 0 Å². The van der Waals surface area contributed by atoms with Crippen molar-refractivity contribution in [1.29, 1.82) is 0 Å². The molecule has 2 rings (SSSR count). The molecule has 2 aromatic rings. The van der Waals surface area contributed by atoms with E-state index < -0.39 is 17.0 Å². The zero-order valence-corrected chi connectivity index (χ0v) is 12.8. The van der Waals surface area contributed by atoms with Crippen LogP contribution >= 0.6 is 34.8 Å². The van der Waals surface area contributed by atoms with E-state index >= 15 is 0 Å². The average molecular weight is 370 g/mol. The topological polar surface area (TPSA) is 26.3 Å². The normalized spacial score (nSPS) is 11.4. The van der Waals surface area contributed by atoms with Crippen LogP contribution in [0.5, 0.6) is 11.5 Å². The molecule has 0 aliphatic carbocycles. The van der Waals surface area contributed by atoms with E-state index in [1.54, 1.807) is 12.1 Å². The van der Waals surface area contributed by atoms with Crippen LogP contribution in [-0.4, -0.2) is 5.24 Å². The third-order valence-corrected chi connectivity index (χ3v) is 3.40. The number of carbonyl (C=O) groups excluding carboxylic acids is 1. The summed E-state index contributed by atoms with van der Waals surface area (Å²) in [5.74, 6) is -0.159. The maximum atomic E-state index is 12.7. The molecule has 0 saturated heterocycles. The molecule has 0 spiro atoms. The number of alkyl halides is 3. The Hall–Kier alpha value is -1.43. The van der Waals surface area contributed by atoms with Gasteiger partial charge in [-0.3, -0.25) is 4.79 Å². The molecule has 8 heteroatoms. The predicted molar refractivity (Wildman–Crippen MR) is 78.2 cm³/mol. The zero-order chi connectivity index (χ0) is 16.5. The Labute approximate surface area is 138 Å². The first-order valence-electron chi connectivity index (χ1n) is 5.73. The Balaban J connectivity index is 2.46. The first-order valence-corrected chi connectivity index (χ1v) is 6.86. The highest BCUT2D eigenvalue weighted by Crippen LogP contribution is 2.42. The van der Waals surface area contributed by atoms with Gasteiger partial charge in [0.25, 0.3) is 5.24 Å². The molecule has 2 nitrogen and oxygen atoms in total. The summed E-state index contributed by atoms with van der Waals surface area (Å²) >= 11 is 17.0. The van der Waals surface area contributed by atoms with Gasteiger partial charge in [-0.25, -0.2) is 0 Å². The van der Waals surface area contributed by atoms with Crippen LogP contribution in [0.15, 0.2) is 36.4 Å². The second-order valence-electron chi connectivity index (χ2n) is 4.14. The molecule has 0 radical (unpaired) electrons. The van der Waals surface area contributed by atoms with Crippen LogP contribution < -0.4 is 4.74 Å². The van der Waals surface area contributed by atoms with Gasteiger partial charge in [0.1, 0.15) is 5.75 Å². The van der Waals surface area contributed by atoms with Crippen molar-refractivity contribution in [2.24, 2.45) is 0 Å². The van der Waals surface area contributed by atoms with E-state index in [0.29, 0.717) is 12.1 Å². The highest BCUT2D eigenvalue weighted by atomic mass is 35.5. The Kier molecular flexibility index (Phi) is 4.90. The molecular formula is C14H6Cl3F3O2. The highest BCUT2D eigenvalue weighted by molar-refractivity contribution is 6.68. The maximum absolute atomic E-state index is 12.7. The second-order valence-corrected chi connectivity index (χ2v) is 5.30. The molecule has 2 aromatic carbocycles. The van der Waals surface area contributed by atoms with E-state index in [0.717, 1.165) is 0 Å². The fourth-order valence-electron chi connectivity index (χ4n) is 1.65. The summed E-state index contributed by atoms with van der Waals surface area (Å²) in [4.78, 5) is 11.3. The largest absolute Gasteiger partial charge is 0.453 e. The number of hydrogen-bond acceptors (Lipinski definition) is 2. The van der Waals surface area contributed by atoms with Crippen LogP contribution in [0.3, 0.4) is 0 Å². The van der Waals surface area contributed by atoms with E-state index in [4.69, 9.17) is 39.5 Å². The number of rotatable bonds is 3. The van der Waals surface area contributed by atoms with Gasteiger partial charge in [0.15, 0.2) is 5.75 Å². The lowest BCUT2D eigenvalue weighted by atomic mass is 10.2. The Bertz CT molecular complexity index is 707. The number of ether oxygens (including phenoxy) is 1. The Morgan fingerprint density at radius 2 is 1.59 bits per heavy atom. The Morgan fingerprint density at radius 1 is 1.05 bits per heavy atom. The molecule has 116 valence electrons. The summed E-state index contributed by atoms with van der Waals surface area (Å²) in [5.41, 5.74) is -0.965. The molecule has 0 amide bonds. The van der Waals surface area contributed by atoms with Gasteiger partial charge < -0.3 is 4.74 Å². The minimum absolute atomic E-state index is 0.0334. The Morgan fingerprint density at radius 3 is 2.09 bits per heavy atom. The molecule has 0 aliphatic rings. The van der Waals surface area contributed by atoms with E-state index in [9.17, 15) is 18.0 Å². The number of halogens is 6. The van der Waals surface area contributed by atoms with Crippen LogP contribution in [0.1, 0.15) is 15.9 Å². The van der Waals surface area contributed by atoms with Gasteiger partial charge >= 0.3 is 6.18 Å². The van der Waals surface area contributed by atoms with Gasteiger partial charge in [-0.15, -0.1) is 0 Å². The lowest BCUT2D eigenvalue weighted by Gasteiger charge is -2.14. The monoisotopic (exact) mass is 368 g/mol. The number of hydrogen-bond donors (Lipinski definition) is 0. The first kappa shape index (κ1) is 16.9. The van der Waals surface area contributed by atoms with Gasteiger partial charge in [-0.2, -0.15) is 13.2 Å². The fraction of sp³-hybridized carbons (Fsp3) is 0.0714. The van der Waals surface area contributed by atoms with E-state index in [2.05, 4.69) is 0 Å². The van der Waals surface area contributed by atoms with E-state index in [-0.39, 0.29) is 27.1 Å². The lowest BCUT2D eigenvalue weighted by Crippen LogP contribution is -2.05. The molecule has 0 unspecified atom stereocenters. The van der Waals surface area contributed by atoms with Crippen molar-refractivity contribution < 1.29 is 22.7 Å². The number of benzene rings is 2. The maximum Gasteiger partial charge on any atom is 0.416 e. The molecule has 0 fully saturated rings. The third kappa shape index (κ3) is 3.66. The van der Waals surface area contributed by atoms with Crippen molar-refractivity contribution in [2.45, 2.75) is 6.18 Å². The van der Waals surface area contributed by atoms with E-state index in [1.807, 2.05) is 0 Å². The molecule has 0 heterocycles. The molecule has 0 atom stereocenters. The molecule has 0 saturated carbocycles. The molecule has 0 N–H and O–H groups in total. The molecule has 0 aliphatic heterocycles. The summed E-state index contributed by atoms with van der Waals surface area (Å²) in [7, 11) is 0. The van der Waals surface area contributed by atoms with Crippen molar-refractivity contribution >= 4 is 40.0 Å². The van der Waals surface area contributed by atoms with Crippen molar-refractivity contribution in [2.75, 3.05) is 0 Å². The van der Waals surface area contributed by atoms with E-state index in [1.165, 1.54) is 12.1 Å². The summed E-state index contributed by atoms with van der Waals surface area (Å²) < 4.78 is 43.3. The minimum Gasteiger partial charge on any atom is -0.453 e. The van der Waals surface area contributed by atoms with Gasteiger partial charge in [0.2, 0.25) is 0 Å². The molecular weight excluding hydrogens is 364 g/mol.